The van der Waals surface area contributed by atoms with Gasteiger partial charge in [0.05, 0.1) is 24.5 Å². The predicted octanol–water partition coefficient (Wildman–Crippen LogP) is 3.37. The summed E-state index contributed by atoms with van der Waals surface area (Å²) in [6.45, 7) is 6.82. The molecule has 0 aliphatic carbocycles. The van der Waals surface area contributed by atoms with E-state index in [1.54, 1.807) is 0 Å². The first-order valence-corrected chi connectivity index (χ1v) is 7.60. The van der Waals surface area contributed by atoms with E-state index in [0.717, 1.165) is 0 Å². The van der Waals surface area contributed by atoms with Crippen LogP contribution in [0.2, 0.25) is 0 Å². The van der Waals surface area contributed by atoms with Crippen molar-refractivity contribution >= 4 is 21.5 Å². The smallest absolute Gasteiger partial charge is 0.0303 e. The average Bonchev–Trinajstić information content (AvgIpc) is 1.87. The largest absolute Gasteiger partial charge is 0.138 e. The fraction of sp³-hybridized carbons (Fsp3) is 1.00. The summed E-state index contributed by atoms with van der Waals surface area (Å²) in [5.74, 6) is -0.600. The van der Waals surface area contributed by atoms with Crippen LogP contribution in [-0.2, 0) is 0 Å². The first-order chi connectivity index (χ1) is 3.68. The fourth-order valence-corrected chi connectivity index (χ4v) is 2.01. The monoisotopic (exact) mass is 197 g/mol. The molecule has 0 rings (SSSR count). The molecule has 8 heavy (non-hydrogen) atoms. The van der Waals surface area contributed by atoms with Crippen molar-refractivity contribution in [1.29, 1.82) is 0 Å². The SMILES string of the molecule is CC[P+](Br)(CC)CC. The summed E-state index contributed by atoms with van der Waals surface area (Å²) >= 11 is 3.79. The molecule has 50 valence electrons. The van der Waals surface area contributed by atoms with Crippen LogP contribution in [0.15, 0.2) is 0 Å². The maximum absolute atomic E-state index is 3.79. The lowest BCUT2D eigenvalue weighted by Crippen LogP contribution is -1.92. The van der Waals surface area contributed by atoms with Crippen molar-refractivity contribution < 1.29 is 0 Å². The van der Waals surface area contributed by atoms with Gasteiger partial charge in [0.1, 0.15) is 15.5 Å². The molecule has 0 N–H and O–H groups in total. The van der Waals surface area contributed by atoms with E-state index in [2.05, 4.69) is 36.3 Å². The molecule has 0 aliphatic rings. The number of halogens is 1. The fourth-order valence-electron chi connectivity index (χ4n) is 0.671. The van der Waals surface area contributed by atoms with E-state index in [9.17, 15) is 0 Å². The van der Waals surface area contributed by atoms with Crippen molar-refractivity contribution in [3.8, 4) is 0 Å². The Labute approximate surface area is 61.1 Å². The van der Waals surface area contributed by atoms with Crippen LogP contribution in [0.3, 0.4) is 0 Å². The van der Waals surface area contributed by atoms with Crippen LogP contribution in [0.4, 0.5) is 0 Å². The van der Waals surface area contributed by atoms with Gasteiger partial charge in [0.25, 0.3) is 0 Å². The summed E-state index contributed by atoms with van der Waals surface area (Å²) in [7, 11) is 0. The molecule has 0 unspecified atom stereocenters. The maximum atomic E-state index is 3.79. The first-order valence-electron chi connectivity index (χ1n) is 3.24. The Bertz CT molecular complexity index is 51.3. The second-order valence-electron chi connectivity index (χ2n) is 1.98. The third-order valence-corrected chi connectivity index (χ3v) is 9.61. The van der Waals surface area contributed by atoms with Gasteiger partial charge in [-0.1, -0.05) is 0 Å². The molecule has 0 heterocycles. The van der Waals surface area contributed by atoms with Crippen LogP contribution < -0.4 is 0 Å². The summed E-state index contributed by atoms with van der Waals surface area (Å²) in [6, 6.07) is 0. The third kappa shape index (κ3) is 2.46. The maximum Gasteiger partial charge on any atom is 0.138 e. The second-order valence-corrected chi connectivity index (χ2v) is 10.4. The van der Waals surface area contributed by atoms with Crippen LogP contribution >= 0.6 is 21.5 Å². The van der Waals surface area contributed by atoms with Crippen LogP contribution in [0.1, 0.15) is 20.8 Å². The van der Waals surface area contributed by atoms with Crippen LogP contribution in [0.5, 0.6) is 0 Å². The van der Waals surface area contributed by atoms with Crippen molar-refractivity contribution in [1.82, 2.24) is 0 Å². The van der Waals surface area contributed by atoms with Gasteiger partial charge in [-0.25, -0.2) is 0 Å². The third-order valence-electron chi connectivity index (χ3n) is 1.70. The van der Waals surface area contributed by atoms with Crippen LogP contribution in [0.25, 0.3) is 0 Å². The first kappa shape index (κ1) is 8.91. The Balaban J connectivity index is 3.58. The van der Waals surface area contributed by atoms with Crippen LogP contribution in [-0.4, -0.2) is 18.5 Å². The number of hydrogen-bond donors (Lipinski definition) is 0. The van der Waals surface area contributed by atoms with Crippen molar-refractivity contribution in [3.05, 3.63) is 0 Å². The molecule has 0 saturated carbocycles. The Morgan fingerprint density at radius 1 is 1.00 bits per heavy atom. The quantitative estimate of drug-likeness (QED) is 0.610. The minimum absolute atomic E-state index is 0.600. The Morgan fingerprint density at radius 3 is 1.25 bits per heavy atom. The van der Waals surface area contributed by atoms with Gasteiger partial charge in [-0.05, 0) is 20.8 Å². The molecule has 0 nitrogen and oxygen atoms in total. The van der Waals surface area contributed by atoms with Crippen molar-refractivity contribution in [2.24, 2.45) is 0 Å². The van der Waals surface area contributed by atoms with E-state index >= 15 is 0 Å². The molecule has 0 atom stereocenters. The molecule has 0 aromatic carbocycles. The standard InChI is InChI=1S/C6H15BrP/c1-4-8(7,5-2)6-3/h4-6H2,1-3H3/q+1. The molecule has 0 radical (unpaired) electrons. The van der Waals surface area contributed by atoms with E-state index < -0.39 is 5.96 Å². The highest BCUT2D eigenvalue weighted by molar-refractivity contribution is 9.42. The zero-order valence-electron chi connectivity index (χ0n) is 5.95. The molecule has 0 fully saturated rings. The molecule has 0 aromatic heterocycles. The van der Waals surface area contributed by atoms with Crippen molar-refractivity contribution in [2.75, 3.05) is 18.5 Å². The predicted molar refractivity (Wildman–Crippen MR) is 47.5 cm³/mol. The summed E-state index contributed by atoms with van der Waals surface area (Å²) in [5, 5.41) is 0. The molecular weight excluding hydrogens is 183 g/mol. The Kier molecular flexibility index (Phi) is 4.28. The Hall–Kier alpha value is 0.910. The van der Waals surface area contributed by atoms with Gasteiger partial charge in [0.15, 0.2) is 0 Å². The van der Waals surface area contributed by atoms with Gasteiger partial charge < -0.3 is 0 Å². The van der Waals surface area contributed by atoms with Crippen molar-refractivity contribution in [3.63, 3.8) is 0 Å². The van der Waals surface area contributed by atoms with E-state index in [0.29, 0.717) is 0 Å². The number of rotatable bonds is 3. The van der Waals surface area contributed by atoms with Gasteiger partial charge in [-0.15, -0.1) is 0 Å². The van der Waals surface area contributed by atoms with E-state index in [4.69, 9.17) is 0 Å². The number of hydrogen-bond acceptors (Lipinski definition) is 0. The summed E-state index contributed by atoms with van der Waals surface area (Å²) in [6.07, 6.45) is 4.04. The summed E-state index contributed by atoms with van der Waals surface area (Å²) in [5.41, 5.74) is 0. The lowest BCUT2D eigenvalue weighted by molar-refractivity contribution is 1.34. The summed E-state index contributed by atoms with van der Waals surface area (Å²) in [4.78, 5) is 0. The van der Waals surface area contributed by atoms with Gasteiger partial charge in [-0.3, -0.25) is 0 Å². The molecule has 0 amide bonds. The lowest BCUT2D eigenvalue weighted by Gasteiger charge is -2.12. The zero-order chi connectivity index (χ0) is 6.62. The van der Waals surface area contributed by atoms with Gasteiger partial charge >= 0.3 is 0 Å². The van der Waals surface area contributed by atoms with Crippen molar-refractivity contribution in [2.45, 2.75) is 20.8 Å². The second kappa shape index (κ2) is 3.85. The molecule has 0 aliphatic heterocycles. The highest BCUT2D eigenvalue weighted by atomic mass is 79.9. The zero-order valence-corrected chi connectivity index (χ0v) is 8.43. The Morgan fingerprint density at radius 2 is 1.25 bits per heavy atom. The van der Waals surface area contributed by atoms with Gasteiger partial charge in [0.2, 0.25) is 0 Å². The molecule has 2 heteroatoms. The van der Waals surface area contributed by atoms with E-state index in [1.807, 2.05) is 0 Å². The highest BCUT2D eigenvalue weighted by Gasteiger charge is 2.26. The summed E-state index contributed by atoms with van der Waals surface area (Å²) < 4.78 is 0. The van der Waals surface area contributed by atoms with E-state index in [-0.39, 0.29) is 0 Å². The minimum Gasteiger partial charge on any atom is -0.0303 e. The molecule has 0 saturated heterocycles. The average molecular weight is 198 g/mol. The van der Waals surface area contributed by atoms with Crippen LogP contribution in [0, 0.1) is 0 Å². The molecule has 0 aromatic rings. The topological polar surface area (TPSA) is 0 Å². The van der Waals surface area contributed by atoms with Gasteiger partial charge in [-0.2, -0.15) is 0 Å². The lowest BCUT2D eigenvalue weighted by atomic mass is 10.9. The minimum atomic E-state index is -0.600. The van der Waals surface area contributed by atoms with Gasteiger partial charge in [0, 0.05) is 0 Å². The molecular formula is C6H15BrP+. The normalized spacial score (nSPS) is 12.0. The molecule has 0 bridgehead atoms. The molecule has 0 spiro atoms. The highest BCUT2D eigenvalue weighted by Crippen LogP contribution is 2.65. The van der Waals surface area contributed by atoms with E-state index in [1.165, 1.54) is 18.5 Å².